The predicted molar refractivity (Wildman–Crippen MR) is 57.1 cm³/mol. The fourth-order valence-electron chi connectivity index (χ4n) is 1.78. The molecule has 0 spiro atoms. The van der Waals surface area contributed by atoms with Crippen LogP contribution in [0.4, 0.5) is 0 Å². The first kappa shape index (κ1) is 12.0. The van der Waals surface area contributed by atoms with Crippen molar-refractivity contribution < 1.29 is 10.2 Å². The second-order valence-corrected chi connectivity index (χ2v) is 5.39. The average Bonchev–Trinajstić information content (AvgIpc) is 2.15. The molecule has 0 aromatic carbocycles. The minimum Gasteiger partial charge on any atom is -0.396 e. The molecule has 0 aromatic rings. The van der Waals surface area contributed by atoms with Crippen LogP contribution in [0.5, 0.6) is 0 Å². The Bertz CT molecular complexity index is 174. The van der Waals surface area contributed by atoms with Gasteiger partial charge in [0, 0.05) is 18.5 Å². The summed E-state index contributed by atoms with van der Waals surface area (Å²) in [7, 11) is 0. The minimum atomic E-state index is -0.375. The van der Waals surface area contributed by atoms with E-state index in [1.165, 1.54) is 19.3 Å². The van der Waals surface area contributed by atoms with Crippen LogP contribution in [0, 0.1) is 10.8 Å². The van der Waals surface area contributed by atoms with Gasteiger partial charge in [-0.15, -0.1) is 0 Å². The molecule has 0 atom stereocenters. The highest BCUT2D eigenvalue weighted by atomic mass is 16.3. The van der Waals surface area contributed by atoms with Crippen molar-refractivity contribution in [2.45, 2.75) is 33.1 Å². The average molecular weight is 201 g/mol. The Morgan fingerprint density at radius 3 is 2.21 bits per heavy atom. The Balaban J connectivity index is 2.19. The number of hydrogen-bond acceptors (Lipinski definition) is 3. The molecule has 3 N–H and O–H groups in total. The van der Waals surface area contributed by atoms with E-state index in [9.17, 15) is 0 Å². The zero-order chi connectivity index (χ0) is 10.7. The van der Waals surface area contributed by atoms with Gasteiger partial charge < -0.3 is 15.5 Å². The summed E-state index contributed by atoms with van der Waals surface area (Å²) in [6.07, 6.45) is 3.94. The van der Waals surface area contributed by atoms with E-state index < -0.39 is 0 Å². The maximum Gasteiger partial charge on any atom is 0.0518 e. The van der Waals surface area contributed by atoms with E-state index in [1.807, 2.05) is 6.92 Å². The zero-order valence-corrected chi connectivity index (χ0v) is 9.34. The van der Waals surface area contributed by atoms with Gasteiger partial charge in [-0.25, -0.2) is 0 Å². The summed E-state index contributed by atoms with van der Waals surface area (Å²) < 4.78 is 0. The lowest BCUT2D eigenvalue weighted by atomic mass is 9.70. The highest BCUT2D eigenvalue weighted by Gasteiger charge is 2.32. The molecule has 1 rings (SSSR count). The molecule has 0 heterocycles. The minimum absolute atomic E-state index is 0.0349. The highest BCUT2D eigenvalue weighted by molar-refractivity contribution is 4.86. The van der Waals surface area contributed by atoms with Gasteiger partial charge in [-0.1, -0.05) is 20.3 Å². The maximum absolute atomic E-state index is 9.09. The molecule has 0 bridgehead atoms. The highest BCUT2D eigenvalue weighted by Crippen LogP contribution is 2.39. The van der Waals surface area contributed by atoms with Crippen LogP contribution in [0.15, 0.2) is 0 Å². The van der Waals surface area contributed by atoms with Crippen LogP contribution in [0.25, 0.3) is 0 Å². The Hall–Kier alpha value is -0.120. The lowest BCUT2D eigenvalue weighted by molar-refractivity contribution is 0.0625. The number of rotatable bonds is 6. The molecule has 1 aliphatic carbocycles. The molecule has 3 nitrogen and oxygen atoms in total. The van der Waals surface area contributed by atoms with E-state index in [2.05, 4.69) is 12.2 Å². The zero-order valence-electron chi connectivity index (χ0n) is 9.34. The lowest BCUT2D eigenvalue weighted by Crippen LogP contribution is -2.44. The van der Waals surface area contributed by atoms with Crippen molar-refractivity contribution in [1.29, 1.82) is 0 Å². The summed E-state index contributed by atoms with van der Waals surface area (Å²) in [5.74, 6) is 0. The SMILES string of the molecule is CC(CO)(CO)CNCC1(C)CCC1. The molecule has 84 valence electrons. The summed E-state index contributed by atoms with van der Waals surface area (Å²) in [5, 5.41) is 21.5. The van der Waals surface area contributed by atoms with E-state index in [4.69, 9.17) is 10.2 Å². The third-order valence-electron chi connectivity index (χ3n) is 3.43. The van der Waals surface area contributed by atoms with Gasteiger partial charge in [0.2, 0.25) is 0 Å². The summed E-state index contributed by atoms with van der Waals surface area (Å²) in [5.41, 5.74) is 0.0892. The molecule has 14 heavy (non-hydrogen) atoms. The lowest BCUT2D eigenvalue weighted by Gasteiger charge is -2.39. The van der Waals surface area contributed by atoms with Crippen molar-refractivity contribution in [2.75, 3.05) is 26.3 Å². The van der Waals surface area contributed by atoms with Crippen LogP contribution in [0.3, 0.4) is 0 Å². The van der Waals surface area contributed by atoms with Crippen LogP contribution in [-0.2, 0) is 0 Å². The van der Waals surface area contributed by atoms with Gasteiger partial charge in [0.25, 0.3) is 0 Å². The molecule has 1 fully saturated rings. The van der Waals surface area contributed by atoms with Crippen molar-refractivity contribution in [3.8, 4) is 0 Å². The van der Waals surface area contributed by atoms with E-state index >= 15 is 0 Å². The molecular formula is C11H23NO2. The smallest absolute Gasteiger partial charge is 0.0518 e. The van der Waals surface area contributed by atoms with Gasteiger partial charge in [-0.2, -0.15) is 0 Å². The van der Waals surface area contributed by atoms with Crippen LogP contribution >= 0.6 is 0 Å². The monoisotopic (exact) mass is 201 g/mol. The summed E-state index contributed by atoms with van der Waals surface area (Å²) in [6, 6.07) is 0. The number of aliphatic hydroxyl groups is 2. The normalized spacial score (nSPS) is 20.6. The molecule has 1 aliphatic rings. The molecule has 0 radical (unpaired) electrons. The van der Waals surface area contributed by atoms with Gasteiger partial charge in [0.05, 0.1) is 13.2 Å². The summed E-state index contributed by atoms with van der Waals surface area (Å²) >= 11 is 0. The molecule has 0 amide bonds. The first-order valence-corrected chi connectivity index (χ1v) is 5.46. The topological polar surface area (TPSA) is 52.5 Å². The van der Waals surface area contributed by atoms with Crippen LogP contribution in [0.2, 0.25) is 0 Å². The largest absolute Gasteiger partial charge is 0.396 e. The third kappa shape index (κ3) is 2.94. The van der Waals surface area contributed by atoms with Gasteiger partial charge in [-0.05, 0) is 18.3 Å². The number of aliphatic hydroxyl groups excluding tert-OH is 2. The van der Waals surface area contributed by atoms with Crippen LogP contribution in [-0.4, -0.2) is 36.5 Å². The first-order valence-electron chi connectivity index (χ1n) is 5.46. The predicted octanol–water partition coefficient (Wildman–Crippen LogP) is 0.757. The second kappa shape index (κ2) is 4.60. The molecule has 0 unspecified atom stereocenters. The molecule has 0 aromatic heterocycles. The molecule has 0 saturated heterocycles. The number of nitrogens with one attached hydrogen (secondary N) is 1. The van der Waals surface area contributed by atoms with Crippen molar-refractivity contribution >= 4 is 0 Å². The summed E-state index contributed by atoms with van der Waals surface area (Å²) in [6.45, 7) is 5.94. The standard InChI is InChI=1S/C11H23NO2/c1-10(4-3-5-10)6-12-7-11(2,8-13)9-14/h12-14H,3-9H2,1-2H3. The van der Waals surface area contributed by atoms with Gasteiger partial charge >= 0.3 is 0 Å². The fraction of sp³-hybridized carbons (Fsp3) is 1.00. The Kier molecular flexibility index (Phi) is 3.93. The maximum atomic E-state index is 9.09. The van der Waals surface area contributed by atoms with Crippen molar-refractivity contribution in [3.63, 3.8) is 0 Å². The molecule has 3 heteroatoms. The fourth-order valence-corrected chi connectivity index (χ4v) is 1.78. The summed E-state index contributed by atoms with van der Waals surface area (Å²) in [4.78, 5) is 0. The van der Waals surface area contributed by atoms with Crippen LogP contribution in [0.1, 0.15) is 33.1 Å². The first-order chi connectivity index (χ1) is 6.54. The van der Waals surface area contributed by atoms with E-state index in [0.717, 1.165) is 6.54 Å². The Morgan fingerprint density at radius 1 is 1.29 bits per heavy atom. The van der Waals surface area contributed by atoms with E-state index in [0.29, 0.717) is 12.0 Å². The van der Waals surface area contributed by atoms with Crippen molar-refractivity contribution in [1.82, 2.24) is 5.32 Å². The third-order valence-corrected chi connectivity index (χ3v) is 3.43. The quantitative estimate of drug-likeness (QED) is 0.594. The van der Waals surface area contributed by atoms with E-state index in [-0.39, 0.29) is 18.6 Å². The molecular weight excluding hydrogens is 178 g/mol. The Morgan fingerprint density at radius 2 is 1.86 bits per heavy atom. The van der Waals surface area contributed by atoms with Gasteiger partial charge in [0.15, 0.2) is 0 Å². The molecule has 0 aliphatic heterocycles. The van der Waals surface area contributed by atoms with Crippen molar-refractivity contribution in [2.24, 2.45) is 10.8 Å². The van der Waals surface area contributed by atoms with Gasteiger partial charge in [-0.3, -0.25) is 0 Å². The van der Waals surface area contributed by atoms with Crippen LogP contribution < -0.4 is 5.32 Å². The number of hydrogen-bond donors (Lipinski definition) is 3. The molecule has 1 saturated carbocycles. The Labute approximate surface area is 86.5 Å². The van der Waals surface area contributed by atoms with Gasteiger partial charge in [0.1, 0.15) is 0 Å². The van der Waals surface area contributed by atoms with E-state index in [1.54, 1.807) is 0 Å². The van der Waals surface area contributed by atoms with Crippen molar-refractivity contribution in [3.05, 3.63) is 0 Å². The second-order valence-electron chi connectivity index (χ2n) is 5.39.